The molecule has 0 radical (unpaired) electrons. The zero-order valence-electron chi connectivity index (χ0n) is 16.7. The quantitative estimate of drug-likeness (QED) is 0.700. The van der Waals surface area contributed by atoms with Crippen molar-refractivity contribution in [1.29, 1.82) is 0 Å². The predicted molar refractivity (Wildman–Crippen MR) is 109 cm³/mol. The van der Waals surface area contributed by atoms with E-state index in [1.807, 2.05) is 19.1 Å². The zero-order valence-corrected chi connectivity index (χ0v) is 16.7. The highest BCUT2D eigenvalue weighted by Gasteiger charge is 2.41. The van der Waals surface area contributed by atoms with Gasteiger partial charge in [-0.3, -0.25) is 19.4 Å². The van der Waals surface area contributed by atoms with Gasteiger partial charge in [0.05, 0.1) is 18.2 Å². The van der Waals surface area contributed by atoms with Crippen LogP contribution in [0.1, 0.15) is 48.1 Å². The summed E-state index contributed by atoms with van der Waals surface area (Å²) in [7, 11) is 0. The normalized spacial score (nSPS) is 21.8. The number of amides is 3. The van der Waals surface area contributed by atoms with Gasteiger partial charge in [0.15, 0.2) is 0 Å². The third kappa shape index (κ3) is 4.10. The SMILES string of the molecule is CC(NC(=O)CN1CCC2(CCC1=O)NC(=O)c1cccnc1N2)c1ccncc1. The molecule has 0 aromatic carbocycles. The summed E-state index contributed by atoms with van der Waals surface area (Å²) in [6.45, 7) is 2.22. The van der Waals surface area contributed by atoms with Gasteiger partial charge in [-0.25, -0.2) is 4.98 Å². The van der Waals surface area contributed by atoms with Crippen molar-refractivity contribution < 1.29 is 14.4 Å². The van der Waals surface area contributed by atoms with Crippen molar-refractivity contribution in [2.45, 2.75) is 37.9 Å². The Balaban J connectivity index is 1.40. The molecule has 4 rings (SSSR count). The van der Waals surface area contributed by atoms with E-state index in [0.717, 1.165) is 5.56 Å². The van der Waals surface area contributed by atoms with Crippen LogP contribution in [0.3, 0.4) is 0 Å². The smallest absolute Gasteiger partial charge is 0.256 e. The number of aromatic nitrogens is 2. The van der Waals surface area contributed by atoms with Crippen LogP contribution in [0.5, 0.6) is 0 Å². The summed E-state index contributed by atoms with van der Waals surface area (Å²) in [5.41, 5.74) is 0.684. The van der Waals surface area contributed by atoms with E-state index in [2.05, 4.69) is 25.9 Å². The Morgan fingerprint density at radius 2 is 2.00 bits per heavy atom. The first-order valence-electron chi connectivity index (χ1n) is 9.98. The number of likely N-dealkylation sites (tertiary alicyclic amines) is 1. The highest BCUT2D eigenvalue weighted by atomic mass is 16.2. The predicted octanol–water partition coefficient (Wildman–Crippen LogP) is 1.22. The fourth-order valence-electron chi connectivity index (χ4n) is 3.90. The van der Waals surface area contributed by atoms with E-state index in [4.69, 9.17) is 0 Å². The number of anilines is 1. The van der Waals surface area contributed by atoms with E-state index in [9.17, 15) is 14.4 Å². The monoisotopic (exact) mass is 408 g/mol. The summed E-state index contributed by atoms with van der Waals surface area (Å²) in [5, 5.41) is 9.22. The van der Waals surface area contributed by atoms with Gasteiger partial charge in [-0.2, -0.15) is 0 Å². The van der Waals surface area contributed by atoms with Gasteiger partial charge in [-0.05, 0) is 43.2 Å². The molecular weight excluding hydrogens is 384 g/mol. The van der Waals surface area contributed by atoms with Crippen LogP contribution in [0.15, 0.2) is 42.9 Å². The minimum absolute atomic E-state index is 0.0207. The summed E-state index contributed by atoms with van der Waals surface area (Å²) in [4.78, 5) is 47.5. The lowest BCUT2D eigenvalue weighted by atomic mass is 9.97. The van der Waals surface area contributed by atoms with E-state index in [0.29, 0.717) is 30.8 Å². The number of pyridine rings is 2. The van der Waals surface area contributed by atoms with Gasteiger partial charge in [0, 0.05) is 38.0 Å². The summed E-state index contributed by atoms with van der Waals surface area (Å²) in [6, 6.07) is 6.92. The average Bonchev–Trinajstić information content (AvgIpc) is 2.89. The molecule has 2 aromatic heterocycles. The van der Waals surface area contributed by atoms with Crippen LogP contribution < -0.4 is 16.0 Å². The number of hydrogen-bond donors (Lipinski definition) is 3. The molecule has 1 fully saturated rings. The van der Waals surface area contributed by atoms with Crippen LogP contribution in [-0.4, -0.2) is 51.3 Å². The number of nitrogens with zero attached hydrogens (tertiary/aromatic N) is 3. The maximum Gasteiger partial charge on any atom is 0.256 e. The van der Waals surface area contributed by atoms with Crippen molar-refractivity contribution in [3.05, 3.63) is 54.0 Å². The maximum atomic E-state index is 12.6. The van der Waals surface area contributed by atoms with Gasteiger partial charge in [-0.1, -0.05) is 0 Å². The molecular formula is C21H24N6O3. The lowest BCUT2D eigenvalue weighted by molar-refractivity contribution is -0.135. The maximum absolute atomic E-state index is 12.6. The Morgan fingerprint density at radius 1 is 1.20 bits per heavy atom. The first-order valence-corrected chi connectivity index (χ1v) is 9.98. The van der Waals surface area contributed by atoms with Crippen LogP contribution in [-0.2, 0) is 9.59 Å². The molecule has 2 aliphatic rings. The fourth-order valence-corrected chi connectivity index (χ4v) is 3.90. The Hall–Kier alpha value is -3.49. The number of nitrogens with one attached hydrogen (secondary N) is 3. The molecule has 1 spiro atoms. The Bertz CT molecular complexity index is 966. The van der Waals surface area contributed by atoms with Gasteiger partial charge in [0.1, 0.15) is 11.5 Å². The molecule has 0 saturated carbocycles. The first kappa shape index (κ1) is 19.8. The average molecular weight is 408 g/mol. The van der Waals surface area contributed by atoms with Gasteiger partial charge in [0.25, 0.3) is 5.91 Å². The van der Waals surface area contributed by atoms with Gasteiger partial charge >= 0.3 is 0 Å². The van der Waals surface area contributed by atoms with Crippen molar-refractivity contribution in [3.8, 4) is 0 Å². The summed E-state index contributed by atoms with van der Waals surface area (Å²) in [6.07, 6.45) is 6.11. The number of carbonyl (C=O) groups excluding carboxylic acids is 3. The fraction of sp³-hybridized carbons (Fsp3) is 0.381. The largest absolute Gasteiger partial charge is 0.348 e. The van der Waals surface area contributed by atoms with Crippen LogP contribution in [0, 0.1) is 0 Å². The molecule has 1 saturated heterocycles. The molecule has 3 amide bonds. The molecule has 2 aromatic rings. The lowest BCUT2D eigenvalue weighted by Gasteiger charge is -2.39. The second kappa shape index (κ2) is 8.10. The molecule has 4 heterocycles. The van der Waals surface area contributed by atoms with Crippen molar-refractivity contribution >= 4 is 23.5 Å². The standard InChI is InChI=1S/C21H24N6O3/c1-14(15-5-10-22-11-6-15)24-17(28)13-27-12-8-21(7-4-18(27)29)25-19-16(20(30)26-21)3-2-9-23-19/h2-3,5-6,9-11,14H,4,7-8,12-13H2,1H3,(H,23,25)(H,24,28)(H,26,30). The summed E-state index contributed by atoms with van der Waals surface area (Å²) >= 11 is 0. The third-order valence-electron chi connectivity index (χ3n) is 5.61. The van der Waals surface area contributed by atoms with Gasteiger partial charge < -0.3 is 20.9 Å². The molecule has 2 unspecified atom stereocenters. The van der Waals surface area contributed by atoms with E-state index >= 15 is 0 Å². The molecule has 156 valence electrons. The third-order valence-corrected chi connectivity index (χ3v) is 5.61. The van der Waals surface area contributed by atoms with Crippen molar-refractivity contribution in [3.63, 3.8) is 0 Å². The van der Waals surface area contributed by atoms with Crippen LogP contribution in [0.25, 0.3) is 0 Å². The molecule has 9 heteroatoms. The first-order chi connectivity index (χ1) is 14.5. The number of fused-ring (bicyclic) bond motifs is 1. The second-order valence-corrected chi connectivity index (χ2v) is 7.70. The van der Waals surface area contributed by atoms with Gasteiger partial charge in [-0.15, -0.1) is 0 Å². The molecule has 9 nitrogen and oxygen atoms in total. The van der Waals surface area contributed by atoms with Crippen molar-refractivity contribution in [2.24, 2.45) is 0 Å². The minimum Gasteiger partial charge on any atom is -0.348 e. The van der Waals surface area contributed by atoms with E-state index < -0.39 is 5.66 Å². The second-order valence-electron chi connectivity index (χ2n) is 7.70. The molecule has 0 bridgehead atoms. The topological polar surface area (TPSA) is 116 Å². The van der Waals surface area contributed by atoms with Crippen molar-refractivity contribution in [2.75, 3.05) is 18.4 Å². The number of rotatable bonds is 4. The number of carbonyl (C=O) groups is 3. The molecule has 30 heavy (non-hydrogen) atoms. The van der Waals surface area contributed by atoms with E-state index in [1.165, 1.54) is 0 Å². The van der Waals surface area contributed by atoms with Crippen LogP contribution in [0.2, 0.25) is 0 Å². The molecule has 3 N–H and O–H groups in total. The van der Waals surface area contributed by atoms with Crippen LogP contribution >= 0.6 is 0 Å². The Morgan fingerprint density at radius 3 is 2.80 bits per heavy atom. The van der Waals surface area contributed by atoms with Crippen LogP contribution in [0.4, 0.5) is 5.82 Å². The Kier molecular flexibility index (Phi) is 5.35. The zero-order chi connectivity index (χ0) is 21.1. The van der Waals surface area contributed by atoms with Crippen molar-refractivity contribution in [1.82, 2.24) is 25.5 Å². The summed E-state index contributed by atoms with van der Waals surface area (Å²) in [5.74, 6) is -0.0227. The highest BCUT2D eigenvalue weighted by molar-refractivity contribution is 6.01. The van der Waals surface area contributed by atoms with E-state index in [-0.39, 0.29) is 36.7 Å². The minimum atomic E-state index is -0.746. The molecule has 2 aliphatic heterocycles. The van der Waals surface area contributed by atoms with E-state index in [1.54, 1.807) is 35.6 Å². The number of hydrogen-bond acceptors (Lipinski definition) is 6. The highest BCUT2D eigenvalue weighted by Crippen LogP contribution is 2.30. The summed E-state index contributed by atoms with van der Waals surface area (Å²) < 4.78 is 0. The van der Waals surface area contributed by atoms with Gasteiger partial charge in [0.2, 0.25) is 11.8 Å². The molecule has 2 atom stereocenters. The Labute approximate surface area is 174 Å². The lowest BCUT2D eigenvalue weighted by Crippen LogP contribution is -2.58. The molecule has 0 aliphatic carbocycles.